The molecule has 424 valence electrons. The molecular formula is C65H106NO8P. The highest BCUT2D eigenvalue weighted by Crippen LogP contribution is 2.43. The average Bonchev–Trinajstić information content (AvgIpc) is 3.40. The number of unbranched alkanes of at least 4 members (excludes halogenated alkanes) is 16. The highest BCUT2D eigenvalue weighted by Gasteiger charge is 2.26. The van der Waals surface area contributed by atoms with Crippen molar-refractivity contribution in [2.75, 3.05) is 26.4 Å². The molecule has 9 nitrogen and oxygen atoms in total. The summed E-state index contributed by atoms with van der Waals surface area (Å²) in [6.45, 7) is 3.47. The Kier molecular flexibility index (Phi) is 55.9. The maximum atomic E-state index is 12.7. The van der Waals surface area contributed by atoms with Crippen molar-refractivity contribution in [2.45, 2.75) is 225 Å². The molecule has 0 amide bonds. The Balaban J connectivity index is 4.04. The molecule has 2 unspecified atom stereocenters. The van der Waals surface area contributed by atoms with Crippen molar-refractivity contribution in [1.29, 1.82) is 0 Å². The van der Waals surface area contributed by atoms with Crippen LogP contribution in [0.25, 0.3) is 0 Å². The molecule has 0 heterocycles. The van der Waals surface area contributed by atoms with Gasteiger partial charge < -0.3 is 20.1 Å². The number of nitrogens with two attached hydrogens (primary N) is 1. The summed E-state index contributed by atoms with van der Waals surface area (Å²) >= 11 is 0. The summed E-state index contributed by atoms with van der Waals surface area (Å²) in [6.07, 6.45) is 84.7. The van der Waals surface area contributed by atoms with Gasteiger partial charge in [-0.1, -0.05) is 237 Å². The van der Waals surface area contributed by atoms with E-state index in [0.29, 0.717) is 12.8 Å². The SMILES string of the molecule is CC/C=C\C/C=C\C/C=C\C/C=C\C/C=C\C/C=C\C/C=C\CCCCCCCCCCCCCC(=O)OC(COC(=O)CCCCCCC/C=C\C/C=C\C/C=C\C/C=C\C/C=C\CC)COP(=O)(O)OCCN. The number of phosphoric acid groups is 1. The number of phosphoric ester groups is 1. The Morgan fingerprint density at radius 3 is 1.03 bits per heavy atom. The Hall–Kier alpha value is -4.11. The Morgan fingerprint density at radius 1 is 0.400 bits per heavy atom. The molecule has 0 rings (SSSR count). The zero-order valence-electron chi connectivity index (χ0n) is 47.2. The molecule has 75 heavy (non-hydrogen) atoms. The lowest BCUT2D eigenvalue weighted by molar-refractivity contribution is -0.161. The summed E-state index contributed by atoms with van der Waals surface area (Å²) in [5.41, 5.74) is 5.38. The maximum absolute atomic E-state index is 12.7. The molecule has 0 radical (unpaired) electrons. The van der Waals surface area contributed by atoms with Crippen molar-refractivity contribution < 1.29 is 37.6 Å². The van der Waals surface area contributed by atoms with E-state index >= 15 is 0 Å². The molecule has 0 aliphatic heterocycles. The third-order valence-electron chi connectivity index (χ3n) is 11.7. The lowest BCUT2D eigenvalue weighted by atomic mass is 10.0. The molecule has 0 fully saturated rings. The van der Waals surface area contributed by atoms with E-state index in [0.717, 1.165) is 135 Å². The van der Waals surface area contributed by atoms with Crippen molar-refractivity contribution in [2.24, 2.45) is 5.73 Å². The van der Waals surface area contributed by atoms with E-state index in [1.807, 2.05) is 0 Å². The largest absolute Gasteiger partial charge is 0.472 e. The van der Waals surface area contributed by atoms with Crippen LogP contribution in [-0.4, -0.2) is 49.3 Å². The average molecular weight is 1060 g/mol. The van der Waals surface area contributed by atoms with E-state index in [1.54, 1.807) is 0 Å². The molecule has 0 bridgehead atoms. The van der Waals surface area contributed by atoms with Crippen LogP contribution in [0.2, 0.25) is 0 Å². The van der Waals surface area contributed by atoms with Gasteiger partial charge in [0.05, 0.1) is 13.2 Å². The van der Waals surface area contributed by atoms with E-state index in [1.165, 1.54) is 44.9 Å². The zero-order chi connectivity index (χ0) is 54.5. The van der Waals surface area contributed by atoms with Gasteiger partial charge in [-0.25, -0.2) is 4.57 Å². The number of esters is 2. The van der Waals surface area contributed by atoms with Crippen LogP contribution in [-0.2, 0) is 32.7 Å². The predicted molar refractivity (Wildman–Crippen MR) is 320 cm³/mol. The first-order valence-electron chi connectivity index (χ1n) is 29.3. The smallest absolute Gasteiger partial charge is 0.462 e. The molecule has 0 aromatic heterocycles. The summed E-state index contributed by atoms with van der Waals surface area (Å²) in [4.78, 5) is 35.2. The molecule has 0 aromatic carbocycles. The summed E-state index contributed by atoms with van der Waals surface area (Å²) < 4.78 is 33.0. The second-order valence-corrected chi connectivity index (χ2v) is 20.2. The molecule has 10 heteroatoms. The first-order valence-corrected chi connectivity index (χ1v) is 30.8. The van der Waals surface area contributed by atoms with E-state index in [-0.39, 0.29) is 32.6 Å². The van der Waals surface area contributed by atoms with Crippen LogP contribution in [0.1, 0.15) is 219 Å². The summed E-state index contributed by atoms with van der Waals surface area (Å²) in [5, 5.41) is 0. The van der Waals surface area contributed by atoms with E-state index < -0.39 is 32.5 Å². The van der Waals surface area contributed by atoms with Gasteiger partial charge in [0.2, 0.25) is 0 Å². The van der Waals surface area contributed by atoms with Gasteiger partial charge >= 0.3 is 19.8 Å². The minimum atomic E-state index is -4.40. The third-order valence-corrected chi connectivity index (χ3v) is 12.7. The fourth-order valence-electron chi connectivity index (χ4n) is 7.47. The van der Waals surface area contributed by atoms with Crippen molar-refractivity contribution in [3.63, 3.8) is 0 Å². The Labute approximate surface area is 458 Å². The second kappa shape index (κ2) is 59.1. The molecular weight excluding hydrogens is 954 g/mol. The molecule has 3 N–H and O–H groups in total. The van der Waals surface area contributed by atoms with Gasteiger partial charge in [-0.15, -0.1) is 0 Å². The molecule has 0 spiro atoms. The quantitative estimate of drug-likeness (QED) is 0.0264. The normalized spacial score (nSPS) is 14.1. The Bertz CT molecular complexity index is 1730. The molecule has 0 aromatic rings. The zero-order valence-corrected chi connectivity index (χ0v) is 48.1. The number of hydrogen-bond acceptors (Lipinski definition) is 8. The minimum Gasteiger partial charge on any atom is -0.462 e. The van der Waals surface area contributed by atoms with Gasteiger partial charge in [0, 0.05) is 19.4 Å². The highest BCUT2D eigenvalue weighted by atomic mass is 31.2. The number of rotatable bonds is 53. The van der Waals surface area contributed by atoms with Gasteiger partial charge in [-0.2, -0.15) is 0 Å². The maximum Gasteiger partial charge on any atom is 0.472 e. The monoisotopic (exact) mass is 1060 g/mol. The summed E-state index contributed by atoms with van der Waals surface area (Å²) in [5.74, 6) is -0.863. The van der Waals surface area contributed by atoms with Crippen LogP contribution in [0.15, 0.2) is 146 Å². The molecule has 0 aliphatic carbocycles. The number of carbonyl (C=O) groups excluding carboxylic acids is 2. The van der Waals surface area contributed by atoms with Crippen molar-refractivity contribution in [3.8, 4) is 0 Å². The first kappa shape index (κ1) is 70.9. The van der Waals surface area contributed by atoms with Crippen molar-refractivity contribution >= 4 is 19.8 Å². The van der Waals surface area contributed by atoms with Crippen LogP contribution >= 0.6 is 7.82 Å². The van der Waals surface area contributed by atoms with Crippen molar-refractivity contribution in [1.82, 2.24) is 0 Å². The third kappa shape index (κ3) is 59.0. The number of allylic oxidation sites excluding steroid dienone is 24. The van der Waals surface area contributed by atoms with Crippen molar-refractivity contribution in [3.05, 3.63) is 146 Å². The first-order chi connectivity index (χ1) is 36.8. The van der Waals surface area contributed by atoms with E-state index in [2.05, 4.69) is 160 Å². The van der Waals surface area contributed by atoms with Crippen LogP contribution in [0, 0.1) is 0 Å². The van der Waals surface area contributed by atoms with Crippen LogP contribution in [0.3, 0.4) is 0 Å². The van der Waals surface area contributed by atoms with Gasteiger partial charge in [-0.3, -0.25) is 18.6 Å². The Morgan fingerprint density at radius 2 is 0.693 bits per heavy atom. The standard InChI is InChI=1S/C65H106NO8P/c1-3-5-7-9-11-13-15-17-19-21-23-25-26-27-28-29-30-31-32-33-34-35-36-38-40-42-44-46-48-50-52-54-56-58-65(68)74-63(62-73-75(69,70)72-60-59-66)61-71-64(67)57-55-53-51-49-47-45-43-41-39-37-24-22-20-18-16-14-12-10-8-6-4-2/h5-8,11-14,17-20,23-25,27-28,30-31,33-34,37,41,43,63H,3-4,9-10,15-16,21-22,26,29,32,35-36,38-40,42,44-62,66H2,1-2H3,(H,69,70)/b7-5-,8-6-,13-11-,14-12-,19-17-,20-18-,25-23-,28-27-,31-30-,34-33-,37-24-,43-41-. The summed E-state index contributed by atoms with van der Waals surface area (Å²) in [7, 11) is -4.40. The fraction of sp³-hybridized carbons (Fsp3) is 0.600. The van der Waals surface area contributed by atoms with Gasteiger partial charge in [0.15, 0.2) is 6.10 Å². The van der Waals surface area contributed by atoms with E-state index in [4.69, 9.17) is 24.3 Å². The van der Waals surface area contributed by atoms with E-state index in [9.17, 15) is 19.0 Å². The van der Waals surface area contributed by atoms with Gasteiger partial charge in [0.1, 0.15) is 6.61 Å². The number of carbonyl (C=O) groups is 2. The minimum absolute atomic E-state index is 0.0422. The molecule has 2 atom stereocenters. The van der Waals surface area contributed by atoms with Crippen LogP contribution in [0.5, 0.6) is 0 Å². The van der Waals surface area contributed by atoms with Crippen LogP contribution in [0.4, 0.5) is 0 Å². The van der Waals surface area contributed by atoms with Crippen LogP contribution < -0.4 is 5.73 Å². The molecule has 0 saturated carbocycles. The van der Waals surface area contributed by atoms with Gasteiger partial charge in [-0.05, 0) is 116 Å². The predicted octanol–water partition coefficient (Wildman–Crippen LogP) is 18.7. The topological polar surface area (TPSA) is 134 Å². The summed E-state index contributed by atoms with van der Waals surface area (Å²) in [6, 6.07) is 0. The molecule has 0 saturated heterocycles. The molecule has 0 aliphatic rings. The number of ether oxygens (including phenoxy) is 2. The highest BCUT2D eigenvalue weighted by molar-refractivity contribution is 7.47. The second-order valence-electron chi connectivity index (χ2n) is 18.7. The fourth-order valence-corrected chi connectivity index (χ4v) is 8.23. The van der Waals surface area contributed by atoms with Gasteiger partial charge in [0.25, 0.3) is 0 Å². The lowest BCUT2D eigenvalue weighted by Crippen LogP contribution is -2.29. The lowest BCUT2D eigenvalue weighted by Gasteiger charge is -2.19. The number of hydrogen-bond donors (Lipinski definition) is 2.